The van der Waals surface area contributed by atoms with Gasteiger partial charge in [0, 0.05) is 18.0 Å². The second kappa shape index (κ2) is 9.45. The van der Waals surface area contributed by atoms with Crippen LogP contribution in [0.4, 0.5) is 28.9 Å². The Kier molecular flexibility index (Phi) is 6.86. The van der Waals surface area contributed by atoms with Crippen LogP contribution in [0, 0.1) is 12.7 Å². The zero-order valence-electron chi connectivity index (χ0n) is 17.0. The molecule has 0 radical (unpaired) electrons. The van der Waals surface area contributed by atoms with E-state index < -0.39 is 34.5 Å². The molecule has 1 heterocycles. The van der Waals surface area contributed by atoms with Crippen molar-refractivity contribution in [2.24, 2.45) is 0 Å². The van der Waals surface area contributed by atoms with Gasteiger partial charge < -0.3 is 10.1 Å². The molecule has 2 aromatic carbocycles. The summed E-state index contributed by atoms with van der Waals surface area (Å²) < 4.78 is 82.6. The number of benzene rings is 2. The lowest BCUT2D eigenvalue weighted by atomic mass is 10.2. The third kappa shape index (κ3) is 6.42. The largest absolute Gasteiger partial charge is 0.468 e. The Hall–Kier alpha value is -3.67. The van der Waals surface area contributed by atoms with E-state index in [1.54, 1.807) is 0 Å². The highest BCUT2D eigenvalue weighted by Gasteiger charge is 2.28. The minimum absolute atomic E-state index is 0.00354. The number of alkyl halides is 3. The van der Waals surface area contributed by atoms with Gasteiger partial charge >= 0.3 is 6.18 Å². The molecule has 0 saturated heterocycles. The molecule has 1 amide bonds. The van der Waals surface area contributed by atoms with Gasteiger partial charge in [0.2, 0.25) is 5.88 Å². The monoisotopic (exact) mass is 483 g/mol. The van der Waals surface area contributed by atoms with Gasteiger partial charge in [-0.05, 0) is 42.8 Å². The molecule has 0 saturated carbocycles. The molecule has 174 valence electrons. The highest BCUT2D eigenvalue weighted by Crippen LogP contribution is 2.25. The molecule has 2 N–H and O–H groups in total. The van der Waals surface area contributed by atoms with Gasteiger partial charge in [0.15, 0.2) is 6.61 Å². The maximum atomic E-state index is 13.9. The molecular formula is C21H17F4N3O4S. The van der Waals surface area contributed by atoms with Crippen molar-refractivity contribution in [1.29, 1.82) is 0 Å². The number of aromatic nitrogens is 1. The average Bonchev–Trinajstić information content (AvgIpc) is 2.75. The fourth-order valence-electron chi connectivity index (χ4n) is 2.67. The number of pyridine rings is 1. The number of amides is 1. The van der Waals surface area contributed by atoms with Crippen LogP contribution in [0.15, 0.2) is 65.7 Å². The zero-order valence-corrected chi connectivity index (χ0v) is 17.8. The Labute approximate surface area is 186 Å². The maximum Gasteiger partial charge on any atom is 0.422 e. The predicted octanol–water partition coefficient (Wildman–Crippen LogP) is 4.52. The van der Waals surface area contributed by atoms with E-state index in [1.807, 2.05) is 0 Å². The quantitative estimate of drug-likeness (QED) is 0.482. The third-order valence-electron chi connectivity index (χ3n) is 4.24. The molecule has 7 nitrogen and oxygen atoms in total. The van der Waals surface area contributed by atoms with Gasteiger partial charge in [0.1, 0.15) is 5.82 Å². The van der Waals surface area contributed by atoms with Crippen molar-refractivity contribution in [2.45, 2.75) is 18.0 Å². The van der Waals surface area contributed by atoms with Crippen LogP contribution in [0.5, 0.6) is 5.88 Å². The van der Waals surface area contributed by atoms with Crippen LogP contribution in [-0.2, 0) is 10.0 Å². The van der Waals surface area contributed by atoms with E-state index in [0.717, 1.165) is 18.3 Å². The first kappa shape index (κ1) is 24.0. The smallest absolute Gasteiger partial charge is 0.422 e. The summed E-state index contributed by atoms with van der Waals surface area (Å²) in [4.78, 5) is 15.9. The third-order valence-corrected chi connectivity index (χ3v) is 5.74. The van der Waals surface area contributed by atoms with Gasteiger partial charge in [0.25, 0.3) is 15.9 Å². The first-order valence-corrected chi connectivity index (χ1v) is 10.8. The highest BCUT2D eigenvalue weighted by atomic mass is 32.2. The molecule has 0 fully saturated rings. The van der Waals surface area contributed by atoms with Crippen molar-refractivity contribution in [3.63, 3.8) is 0 Å². The highest BCUT2D eigenvalue weighted by molar-refractivity contribution is 7.92. The van der Waals surface area contributed by atoms with Crippen molar-refractivity contribution >= 4 is 27.3 Å². The van der Waals surface area contributed by atoms with Crippen molar-refractivity contribution in [2.75, 3.05) is 16.6 Å². The van der Waals surface area contributed by atoms with Crippen LogP contribution in [0.2, 0.25) is 0 Å². The molecule has 0 aliphatic heterocycles. The molecule has 12 heteroatoms. The number of anilines is 2. The summed E-state index contributed by atoms with van der Waals surface area (Å²) in [5.74, 6) is -1.75. The van der Waals surface area contributed by atoms with Crippen LogP contribution in [0.3, 0.4) is 0 Å². The maximum absolute atomic E-state index is 13.9. The summed E-state index contributed by atoms with van der Waals surface area (Å²) in [5.41, 5.74) is 0.246. The number of sulfonamides is 1. The number of nitrogens with zero attached hydrogens (tertiary/aromatic N) is 1. The summed E-state index contributed by atoms with van der Waals surface area (Å²) in [6, 6.07) is 11.7. The van der Waals surface area contributed by atoms with E-state index in [0.29, 0.717) is 5.56 Å². The van der Waals surface area contributed by atoms with E-state index in [9.17, 15) is 30.8 Å². The SMILES string of the molecule is Cc1ccc(NC(=O)c2ccc(OCC(F)(F)F)nc2)cc1S(=O)(=O)Nc1ccccc1F. The summed E-state index contributed by atoms with van der Waals surface area (Å²) in [6.45, 7) is 0.0121. The second-order valence-electron chi connectivity index (χ2n) is 6.81. The van der Waals surface area contributed by atoms with Gasteiger partial charge in [-0.15, -0.1) is 0 Å². The van der Waals surface area contributed by atoms with Crippen molar-refractivity contribution in [3.05, 3.63) is 77.7 Å². The lowest BCUT2D eigenvalue weighted by Gasteiger charge is -2.13. The van der Waals surface area contributed by atoms with E-state index in [4.69, 9.17) is 0 Å². The van der Waals surface area contributed by atoms with Gasteiger partial charge in [-0.1, -0.05) is 18.2 Å². The second-order valence-corrected chi connectivity index (χ2v) is 8.46. The number of halogens is 4. The van der Waals surface area contributed by atoms with Crippen LogP contribution in [0.25, 0.3) is 0 Å². The van der Waals surface area contributed by atoms with E-state index >= 15 is 0 Å². The molecule has 0 aliphatic carbocycles. The molecule has 0 unspecified atom stereocenters. The van der Waals surface area contributed by atoms with Gasteiger partial charge in [0.05, 0.1) is 16.1 Å². The van der Waals surface area contributed by atoms with Gasteiger partial charge in [-0.2, -0.15) is 13.2 Å². The number of carbonyl (C=O) groups excluding carboxylic acids is 1. The number of rotatable bonds is 7. The predicted molar refractivity (Wildman–Crippen MR) is 112 cm³/mol. The Balaban J connectivity index is 1.75. The molecule has 0 bridgehead atoms. The minimum Gasteiger partial charge on any atom is -0.468 e. The summed E-state index contributed by atoms with van der Waals surface area (Å²) >= 11 is 0. The van der Waals surface area contributed by atoms with E-state index in [2.05, 4.69) is 19.8 Å². The Morgan fingerprint density at radius 2 is 1.82 bits per heavy atom. The Morgan fingerprint density at radius 1 is 1.09 bits per heavy atom. The molecule has 0 aliphatic rings. The van der Waals surface area contributed by atoms with Crippen molar-refractivity contribution in [3.8, 4) is 5.88 Å². The number of para-hydroxylation sites is 1. The number of aryl methyl sites for hydroxylation is 1. The summed E-state index contributed by atoms with van der Waals surface area (Å²) in [6.07, 6.45) is -3.50. The molecule has 0 atom stereocenters. The Morgan fingerprint density at radius 3 is 2.45 bits per heavy atom. The summed E-state index contributed by atoms with van der Waals surface area (Å²) in [5, 5.41) is 2.48. The Bertz CT molecular complexity index is 1260. The van der Waals surface area contributed by atoms with Gasteiger partial charge in [-0.25, -0.2) is 17.8 Å². The lowest BCUT2D eigenvalue weighted by Crippen LogP contribution is -2.20. The van der Waals surface area contributed by atoms with Crippen LogP contribution in [0.1, 0.15) is 15.9 Å². The number of nitrogens with one attached hydrogen (secondary N) is 2. The number of carbonyl (C=O) groups is 1. The summed E-state index contributed by atoms with van der Waals surface area (Å²) in [7, 11) is -4.18. The molecule has 3 rings (SSSR count). The topological polar surface area (TPSA) is 97.4 Å². The minimum atomic E-state index is -4.53. The molecular weight excluding hydrogens is 466 g/mol. The van der Waals surface area contributed by atoms with E-state index in [-0.39, 0.29) is 27.7 Å². The average molecular weight is 483 g/mol. The number of ether oxygens (including phenoxy) is 1. The molecule has 0 spiro atoms. The van der Waals surface area contributed by atoms with Crippen LogP contribution >= 0.6 is 0 Å². The normalized spacial score (nSPS) is 11.7. The fraction of sp³-hybridized carbons (Fsp3) is 0.143. The first-order valence-electron chi connectivity index (χ1n) is 9.29. The van der Waals surface area contributed by atoms with Crippen molar-refractivity contribution in [1.82, 2.24) is 4.98 Å². The fourth-order valence-corrected chi connectivity index (χ4v) is 4.01. The number of hydrogen-bond donors (Lipinski definition) is 2. The molecule has 33 heavy (non-hydrogen) atoms. The standard InChI is InChI=1S/C21H17F4N3O4S/c1-13-6-8-15(10-18(13)33(30,31)28-17-5-3-2-4-16(17)22)27-20(29)14-7-9-19(26-11-14)32-12-21(23,24)25/h2-11,28H,12H2,1H3,(H,27,29). The van der Waals surface area contributed by atoms with Crippen LogP contribution in [-0.4, -0.2) is 32.1 Å². The molecule has 3 aromatic rings. The zero-order chi connectivity index (χ0) is 24.2. The molecule has 1 aromatic heterocycles. The van der Waals surface area contributed by atoms with Crippen molar-refractivity contribution < 1.29 is 35.5 Å². The first-order chi connectivity index (χ1) is 15.4. The lowest BCUT2D eigenvalue weighted by molar-refractivity contribution is -0.154. The number of hydrogen-bond acceptors (Lipinski definition) is 5. The van der Waals surface area contributed by atoms with Crippen LogP contribution < -0.4 is 14.8 Å². The van der Waals surface area contributed by atoms with Gasteiger partial charge in [-0.3, -0.25) is 9.52 Å². The van der Waals surface area contributed by atoms with E-state index in [1.165, 1.54) is 49.4 Å².